The van der Waals surface area contributed by atoms with Gasteiger partial charge in [0.1, 0.15) is 11.5 Å². The van der Waals surface area contributed by atoms with Crippen LogP contribution in [0.5, 0.6) is 11.5 Å². The molecule has 2 aromatic carbocycles. The normalized spacial score (nSPS) is 17.3. The molecule has 0 aliphatic carbocycles. The summed E-state index contributed by atoms with van der Waals surface area (Å²) in [6.45, 7) is 2.97. The first-order chi connectivity index (χ1) is 15.4. The molecule has 0 N–H and O–H groups in total. The monoisotopic (exact) mass is 477 g/mol. The van der Waals surface area contributed by atoms with Gasteiger partial charge in [-0.3, -0.25) is 0 Å². The molecule has 2 heterocycles. The fourth-order valence-electron chi connectivity index (χ4n) is 3.68. The van der Waals surface area contributed by atoms with E-state index < -0.39 is 10.0 Å². The summed E-state index contributed by atoms with van der Waals surface area (Å²) in [6, 6.07) is 11.8. The lowest BCUT2D eigenvalue weighted by atomic mass is 10.00. The highest BCUT2D eigenvalue weighted by Crippen LogP contribution is 2.33. The molecule has 0 saturated carbocycles. The van der Waals surface area contributed by atoms with E-state index in [1.165, 1.54) is 16.4 Å². The molecule has 0 spiro atoms. The summed E-state index contributed by atoms with van der Waals surface area (Å²) >= 11 is 6.21. The fraction of sp³-hybridized carbons (Fsp3) is 0.364. The van der Waals surface area contributed by atoms with Crippen molar-refractivity contribution in [1.29, 1.82) is 0 Å². The van der Waals surface area contributed by atoms with E-state index in [9.17, 15) is 8.42 Å². The number of piperidine rings is 1. The number of ether oxygens (including phenoxy) is 2. The van der Waals surface area contributed by atoms with E-state index in [2.05, 4.69) is 10.2 Å². The SMILES string of the molecule is CCOc1ccc(S(=O)(=O)N2CCCC(c3nnc(-c4ccc(OC)cc4)o3)C2)cc1Cl. The third-order valence-electron chi connectivity index (χ3n) is 5.35. The molecule has 170 valence electrons. The minimum Gasteiger partial charge on any atom is -0.497 e. The first-order valence-electron chi connectivity index (χ1n) is 10.3. The van der Waals surface area contributed by atoms with Gasteiger partial charge in [-0.25, -0.2) is 8.42 Å². The highest BCUT2D eigenvalue weighted by Gasteiger charge is 2.33. The summed E-state index contributed by atoms with van der Waals surface area (Å²) in [5, 5.41) is 8.60. The molecule has 1 unspecified atom stereocenters. The van der Waals surface area contributed by atoms with Crippen molar-refractivity contribution < 1.29 is 22.3 Å². The van der Waals surface area contributed by atoms with E-state index in [-0.39, 0.29) is 22.4 Å². The number of rotatable bonds is 7. The van der Waals surface area contributed by atoms with Crippen molar-refractivity contribution in [1.82, 2.24) is 14.5 Å². The van der Waals surface area contributed by atoms with Gasteiger partial charge in [-0.1, -0.05) is 11.6 Å². The molecule has 32 heavy (non-hydrogen) atoms. The van der Waals surface area contributed by atoms with Crippen LogP contribution in [-0.2, 0) is 10.0 Å². The van der Waals surface area contributed by atoms with Crippen molar-refractivity contribution >= 4 is 21.6 Å². The number of aromatic nitrogens is 2. The number of halogens is 1. The Labute approximate surface area is 192 Å². The molecule has 8 nitrogen and oxygen atoms in total. The summed E-state index contributed by atoms with van der Waals surface area (Å²) < 4.78 is 44.3. The van der Waals surface area contributed by atoms with Crippen LogP contribution in [0.1, 0.15) is 31.6 Å². The number of hydrogen-bond acceptors (Lipinski definition) is 7. The Morgan fingerprint density at radius 2 is 1.97 bits per heavy atom. The van der Waals surface area contributed by atoms with E-state index in [4.69, 9.17) is 25.5 Å². The average Bonchev–Trinajstić information content (AvgIpc) is 3.31. The van der Waals surface area contributed by atoms with Crippen LogP contribution in [-0.4, -0.2) is 49.7 Å². The highest BCUT2D eigenvalue weighted by molar-refractivity contribution is 7.89. The Kier molecular flexibility index (Phi) is 6.68. The molecule has 1 aromatic heterocycles. The van der Waals surface area contributed by atoms with Gasteiger partial charge in [-0.05, 0) is 62.2 Å². The van der Waals surface area contributed by atoms with Crippen molar-refractivity contribution in [2.75, 3.05) is 26.8 Å². The Bertz CT molecular complexity index is 1180. The van der Waals surface area contributed by atoms with Gasteiger partial charge in [0.05, 0.1) is 29.6 Å². The van der Waals surface area contributed by atoms with E-state index in [0.717, 1.165) is 17.7 Å². The molecule has 0 bridgehead atoms. The minimum atomic E-state index is -3.72. The van der Waals surface area contributed by atoms with Gasteiger partial charge < -0.3 is 13.9 Å². The Morgan fingerprint density at radius 1 is 1.19 bits per heavy atom. The molecule has 4 rings (SSSR count). The average molecular weight is 478 g/mol. The van der Waals surface area contributed by atoms with Gasteiger partial charge in [-0.15, -0.1) is 10.2 Å². The third kappa shape index (κ3) is 4.60. The van der Waals surface area contributed by atoms with Crippen LogP contribution in [0.2, 0.25) is 5.02 Å². The second-order valence-corrected chi connectivity index (χ2v) is 9.75. The summed E-state index contributed by atoms with van der Waals surface area (Å²) in [5.74, 6) is 1.83. The molecule has 1 aliphatic heterocycles. The molecule has 1 aliphatic rings. The lowest BCUT2D eigenvalue weighted by Gasteiger charge is -2.30. The Hall–Kier alpha value is -2.62. The minimum absolute atomic E-state index is 0.135. The summed E-state index contributed by atoms with van der Waals surface area (Å²) in [5.41, 5.74) is 0.772. The fourth-order valence-corrected chi connectivity index (χ4v) is 5.53. The molecule has 1 saturated heterocycles. The lowest BCUT2D eigenvalue weighted by molar-refractivity contribution is 0.286. The van der Waals surface area contributed by atoms with Crippen LogP contribution >= 0.6 is 11.6 Å². The van der Waals surface area contributed by atoms with Crippen molar-refractivity contribution in [3.05, 3.63) is 53.4 Å². The van der Waals surface area contributed by atoms with Crippen LogP contribution in [0.3, 0.4) is 0 Å². The summed E-state index contributed by atoms with van der Waals surface area (Å²) in [4.78, 5) is 0.135. The van der Waals surface area contributed by atoms with E-state index in [0.29, 0.717) is 37.1 Å². The zero-order chi connectivity index (χ0) is 22.7. The Morgan fingerprint density at radius 3 is 2.66 bits per heavy atom. The topological polar surface area (TPSA) is 94.8 Å². The quantitative estimate of drug-likeness (QED) is 0.498. The van der Waals surface area contributed by atoms with Crippen LogP contribution < -0.4 is 9.47 Å². The van der Waals surface area contributed by atoms with Gasteiger partial charge in [0.25, 0.3) is 0 Å². The number of methoxy groups -OCH3 is 1. The van der Waals surface area contributed by atoms with Gasteiger partial charge >= 0.3 is 0 Å². The van der Waals surface area contributed by atoms with Crippen molar-refractivity contribution in [2.24, 2.45) is 0 Å². The zero-order valence-electron chi connectivity index (χ0n) is 17.8. The predicted molar refractivity (Wildman–Crippen MR) is 120 cm³/mol. The second kappa shape index (κ2) is 9.48. The van der Waals surface area contributed by atoms with Crippen molar-refractivity contribution in [2.45, 2.75) is 30.6 Å². The third-order valence-corrected chi connectivity index (χ3v) is 7.51. The maximum Gasteiger partial charge on any atom is 0.247 e. The number of sulfonamides is 1. The van der Waals surface area contributed by atoms with Gasteiger partial charge in [0, 0.05) is 18.7 Å². The number of hydrogen-bond donors (Lipinski definition) is 0. The number of nitrogens with zero attached hydrogens (tertiary/aromatic N) is 3. The molecular formula is C22H24ClN3O5S. The van der Waals surface area contributed by atoms with Crippen LogP contribution in [0.25, 0.3) is 11.5 Å². The number of benzene rings is 2. The van der Waals surface area contributed by atoms with Gasteiger partial charge in [-0.2, -0.15) is 4.31 Å². The summed E-state index contributed by atoms with van der Waals surface area (Å²) in [6.07, 6.45) is 1.45. The first kappa shape index (κ1) is 22.6. The predicted octanol–water partition coefficient (Wildman–Crippen LogP) is 4.37. The van der Waals surface area contributed by atoms with Crippen molar-refractivity contribution in [3.63, 3.8) is 0 Å². The molecule has 0 radical (unpaired) electrons. The van der Waals surface area contributed by atoms with Crippen LogP contribution in [0.4, 0.5) is 0 Å². The van der Waals surface area contributed by atoms with E-state index >= 15 is 0 Å². The molecule has 1 atom stereocenters. The van der Waals surface area contributed by atoms with Crippen LogP contribution in [0, 0.1) is 0 Å². The van der Waals surface area contributed by atoms with Crippen LogP contribution in [0.15, 0.2) is 51.8 Å². The smallest absolute Gasteiger partial charge is 0.247 e. The molecular weight excluding hydrogens is 454 g/mol. The van der Waals surface area contributed by atoms with Gasteiger partial charge in [0.15, 0.2) is 0 Å². The summed E-state index contributed by atoms with van der Waals surface area (Å²) in [7, 11) is -2.12. The van der Waals surface area contributed by atoms with E-state index in [1.54, 1.807) is 13.2 Å². The van der Waals surface area contributed by atoms with E-state index in [1.807, 2.05) is 31.2 Å². The molecule has 0 amide bonds. The maximum absolute atomic E-state index is 13.2. The highest BCUT2D eigenvalue weighted by atomic mass is 35.5. The Balaban J connectivity index is 1.52. The first-order valence-corrected chi connectivity index (χ1v) is 12.1. The molecule has 3 aromatic rings. The molecule has 1 fully saturated rings. The largest absolute Gasteiger partial charge is 0.497 e. The molecule has 10 heteroatoms. The second-order valence-electron chi connectivity index (χ2n) is 7.40. The van der Waals surface area contributed by atoms with Gasteiger partial charge in [0.2, 0.25) is 21.8 Å². The van der Waals surface area contributed by atoms with Crippen molar-refractivity contribution in [3.8, 4) is 23.0 Å². The lowest BCUT2D eigenvalue weighted by Crippen LogP contribution is -2.39. The maximum atomic E-state index is 13.2. The zero-order valence-corrected chi connectivity index (χ0v) is 19.4. The standard InChI is InChI=1S/C22H24ClN3O5S/c1-3-30-20-11-10-18(13-19(20)23)32(27,28)26-12-4-5-16(14-26)22-25-24-21(31-22)15-6-8-17(29-2)9-7-15/h6-11,13,16H,3-5,12,14H2,1-2H3.